The highest BCUT2D eigenvalue weighted by Crippen LogP contribution is 2.23. The molecule has 0 fully saturated rings. The van der Waals surface area contributed by atoms with Crippen molar-refractivity contribution in [2.24, 2.45) is 0 Å². The molecule has 0 saturated carbocycles. The zero-order valence-corrected chi connectivity index (χ0v) is 21.9. The maximum atomic E-state index is 14.8. The van der Waals surface area contributed by atoms with Crippen LogP contribution in [0.1, 0.15) is 64.4 Å². The molecule has 0 aliphatic heterocycles. The number of halogens is 1. The lowest BCUT2D eigenvalue weighted by Crippen LogP contribution is -2.08. The second-order valence-electron chi connectivity index (χ2n) is 9.47. The molecule has 0 heterocycles. The summed E-state index contributed by atoms with van der Waals surface area (Å²) >= 11 is 0. The van der Waals surface area contributed by atoms with Gasteiger partial charge in [-0.05, 0) is 84.7 Å². The van der Waals surface area contributed by atoms with E-state index in [0.717, 1.165) is 30.4 Å². The average Bonchev–Trinajstić information content (AvgIpc) is 2.94. The first-order chi connectivity index (χ1) is 18.5. The van der Waals surface area contributed by atoms with Gasteiger partial charge in [-0.25, -0.2) is 9.18 Å². The summed E-state index contributed by atoms with van der Waals surface area (Å²) < 4.78 is 20.3. The third-order valence-corrected chi connectivity index (χ3v) is 6.55. The van der Waals surface area contributed by atoms with Gasteiger partial charge >= 0.3 is 5.97 Å². The molecule has 3 heteroatoms. The van der Waals surface area contributed by atoms with Crippen molar-refractivity contribution in [2.75, 3.05) is 0 Å². The van der Waals surface area contributed by atoms with Crippen molar-refractivity contribution >= 4 is 18.1 Å². The second kappa shape index (κ2) is 13.3. The molecule has 0 amide bonds. The zero-order chi connectivity index (χ0) is 26.7. The SMILES string of the molecule is C/C=C/CCc1ccc(OC(=O)c2ccc(C=Cc3ccc(C[C@H](C)c4ccccc4)cc3F)cc2)cc1. The number of aryl methyl sites for hydroxylation is 1. The van der Waals surface area contributed by atoms with Gasteiger partial charge in [-0.2, -0.15) is 0 Å². The monoisotopic (exact) mass is 504 g/mol. The predicted octanol–water partition coefficient (Wildman–Crippen LogP) is 9.07. The molecule has 0 aliphatic carbocycles. The van der Waals surface area contributed by atoms with E-state index in [1.807, 2.05) is 85.8 Å². The van der Waals surface area contributed by atoms with Crippen molar-refractivity contribution in [3.05, 3.63) is 148 Å². The zero-order valence-electron chi connectivity index (χ0n) is 21.9. The summed E-state index contributed by atoms with van der Waals surface area (Å²) in [5, 5.41) is 0. The molecule has 4 aromatic rings. The number of esters is 1. The van der Waals surface area contributed by atoms with Crippen LogP contribution in [-0.2, 0) is 12.8 Å². The number of carbonyl (C=O) groups is 1. The first-order valence-electron chi connectivity index (χ1n) is 13.1. The molecule has 4 rings (SSSR count). The molecule has 0 unspecified atom stereocenters. The summed E-state index contributed by atoms with van der Waals surface area (Å²) in [4.78, 5) is 12.5. The van der Waals surface area contributed by atoms with E-state index < -0.39 is 5.97 Å². The minimum absolute atomic E-state index is 0.243. The number of ether oxygens (including phenoxy) is 1. The molecule has 0 radical (unpaired) electrons. The summed E-state index contributed by atoms with van der Waals surface area (Å²) in [7, 11) is 0. The Morgan fingerprint density at radius 3 is 2.26 bits per heavy atom. The lowest BCUT2D eigenvalue weighted by atomic mass is 9.93. The molecule has 0 aliphatic rings. The average molecular weight is 505 g/mol. The van der Waals surface area contributed by atoms with Crippen LogP contribution in [0.4, 0.5) is 4.39 Å². The lowest BCUT2D eigenvalue weighted by molar-refractivity contribution is 0.0734. The van der Waals surface area contributed by atoms with Crippen LogP contribution in [0, 0.1) is 5.82 Å². The van der Waals surface area contributed by atoms with Gasteiger partial charge in [0.1, 0.15) is 11.6 Å². The molecular weight excluding hydrogens is 471 g/mol. The summed E-state index contributed by atoms with van der Waals surface area (Å²) in [6.45, 7) is 4.17. The molecule has 2 nitrogen and oxygen atoms in total. The second-order valence-corrected chi connectivity index (χ2v) is 9.47. The smallest absolute Gasteiger partial charge is 0.343 e. The Labute approximate surface area is 225 Å². The van der Waals surface area contributed by atoms with Gasteiger partial charge in [-0.1, -0.05) is 98.0 Å². The Morgan fingerprint density at radius 1 is 0.868 bits per heavy atom. The summed E-state index contributed by atoms with van der Waals surface area (Å²) in [5.74, 6) is 0.182. The van der Waals surface area contributed by atoms with E-state index in [2.05, 4.69) is 25.1 Å². The van der Waals surface area contributed by atoms with E-state index in [4.69, 9.17) is 4.74 Å². The van der Waals surface area contributed by atoms with E-state index in [9.17, 15) is 9.18 Å². The van der Waals surface area contributed by atoms with Crippen LogP contribution in [0.3, 0.4) is 0 Å². The highest BCUT2D eigenvalue weighted by molar-refractivity contribution is 5.91. The first-order valence-corrected chi connectivity index (χ1v) is 13.1. The molecule has 0 saturated heterocycles. The molecule has 38 heavy (non-hydrogen) atoms. The highest BCUT2D eigenvalue weighted by Gasteiger charge is 2.10. The van der Waals surface area contributed by atoms with Crippen molar-refractivity contribution < 1.29 is 13.9 Å². The number of rotatable bonds is 10. The van der Waals surface area contributed by atoms with Crippen molar-refractivity contribution in [2.45, 2.75) is 39.0 Å². The van der Waals surface area contributed by atoms with Gasteiger partial charge in [0.05, 0.1) is 5.56 Å². The number of allylic oxidation sites excluding steroid dienone is 2. The Kier molecular flexibility index (Phi) is 9.42. The van der Waals surface area contributed by atoms with Crippen molar-refractivity contribution in [1.29, 1.82) is 0 Å². The molecular formula is C35H33FO2. The van der Waals surface area contributed by atoms with Crippen LogP contribution >= 0.6 is 0 Å². The minimum atomic E-state index is -0.409. The predicted molar refractivity (Wildman–Crippen MR) is 155 cm³/mol. The number of benzene rings is 4. The van der Waals surface area contributed by atoms with Gasteiger partial charge in [-0.15, -0.1) is 0 Å². The Hall–Kier alpha value is -4.24. The topological polar surface area (TPSA) is 26.3 Å². The summed E-state index contributed by atoms with van der Waals surface area (Å²) in [5.41, 5.74) is 5.28. The molecule has 0 N–H and O–H groups in total. The standard InChI is InChI=1S/C35H33FO2/c1-3-4-6-9-27-16-22-33(23-17-27)38-35(37)32-20-13-28(14-21-32)12-18-31-19-15-29(25-34(31)36)24-26(2)30-10-7-5-8-11-30/h3-5,7-8,10-23,25-26H,6,9,24H2,1-2H3/b4-3+,18-12?/t26-/m0/s1. The third kappa shape index (κ3) is 7.63. The van der Waals surface area contributed by atoms with E-state index in [0.29, 0.717) is 22.8 Å². The maximum Gasteiger partial charge on any atom is 0.343 e. The van der Waals surface area contributed by atoms with Crippen LogP contribution in [0.2, 0.25) is 0 Å². The van der Waals surface area contributed by atoms with Crippen molar-refractivity contribution in [3.63, 3.8) is 0 Å². The molecule has 4 aromatic carbocycles. The number of hydrogen-bond acceptors (Lipinski definition) is 2. The van der Waals surface area contributed by atoms with Gasteiger partial charge in [0.2, 0.25) is 0 Å². The summed E-state index contributed by atoms with van der Waals surface area (Å²) in [6, 6.07) is 30.4. The molecule has 0 bridgehead atoms. The quantitative estimate of drug-likeness (QED) is 0.0932. The normalized spacial score (nSPS) is 12.2. The Morgan fingerprint density at radius 2 is 1.58 bits per heavy atom. The molecule has 0 spiro atoms. The molecule has 192 valence electrons. The van der Waals surface area contributed by atoms with Gasteiger partial charge in [0.15, 0.2) is 0 Å². The summed E-state index contributed by atoms with van der Waals surface area (Å²) in [6.07, 6.45) is 10.5. The maximum absolute atomic E-state index is 14.8. The van der Waals surface area contributed by atoms with Gasteiger partial charge < -0.3 is 4.74 Å². The fourth-order valence-corrected chi connectivity index (χ4v) is 4.31. The number of hydrogen-bond donors (Lipinski definition) is 0. The van der Waals surface area contributed by atoms with Crippen LogP contribution < -0.4 is 4.74 Å². The van der Waals surface area contributed by atoms with E-state index in [1.54, 1.807) is 24.3 Å². The lowest BCUT2D eigenvalue weighted by Gasteiger charge is -2.12. The highest BCUT2D eigenvalue weighted by atomic mass is 19.1. The van der Waals surface area contributed by atoms with E-state index in [-0.39, 0.29) is 5.82 Å². The van der Waals surface area contributed by atoms with Gasteiger partial charge in [-0.3, -0.25) is 0 Å². The van der Waals surface area contributed by atoms with Crippen LogP contribution in [0.15, 0.2) is 109 Å². The Balaban J connectivity index is 1.33. The Bertz CT molecular complexity index is 1380. The van der Waals surface area contributed by atoms with E-state index >= 15 is 0 Å². The number of carbonyl (C=O) groups excluding carboxylic acids is 1. The fraction of sp³-hybridized carbons (Fsp3) is 0.171. The molecule has 1 atom stereocenters. The van der Waals surface area contributed by atoms with Crippen molar-refractivity contribution in [1.82, 2.24) is 0 Å². The van der Waals surface area contributed by atoms with Crippen LogP contribution in [-0.4, -0.2) is 5.97 Å². The van der Waals surface area contributed by atoms with Crippen molar-refractivity contribution in [3.8, 4) is 5.75 Å². The van der Waals surface area contributed by atoms with Crippen LogP contribution in [0.25, 0.3) is 12.2 Å². The molecule has 0 aromatic heterocycles. The largest absolute Gasteiger partial charge is 0.423 e. The van der Waals surface area contributed by atoms with Crippen LogP contribution in [0.5, 0.6) is 5.75 Å². The fourth-order valence-electron chi connectivity index (χ4n) is 4.31. The minimum Gasteiger partial charge on any atom is -0.423 e. The first kappa shape index (κ1) is 26.8. The van der Waals surface area contributed by atoms with E-state index in [1.165, 1.54) is 11.1 Å². The van der Waals surface area contributed by atoms with Gasteiger partial charge in [0.25, 0.3) is 0 Å². The third-order valence-electron chi connectivity index (χ3n) is 6.55. The van der Waals surface area contributed by atoms with Gasteiger partial charge in [0, 0.05) is 5.56 Å².